The molecule has 1 fully saturated rings. The lowest BCUT2D eigenvalue weighted by atomic mass is 9.97. The van der Waals surface area contributed by atoms with Crippen LogP contribution in [0.4, 0.5) is 23.9 Å². The molecule has 39 heavy (non-hydrogen) atoms. The minimum Gasteiger partial charge on any atom is -0.460 e. The summed E-state index contributed by atoms with van der Waals surface area (Å²) in [5.41, 5.74) is -0.0155. The molecule has 0 bridgehead atoms. The first-order valence-electron chi connectivity index (χ1n) is 12.4. The number of hydrogen-bond donors (Lipinski definition) is 2. The van der Waals surface area contributed by atoms with Gasteiger partial charge in [0.25, 0.3) is 5.24 Å². The SMILES string of the molecule is C/C(=C/c1ccnc(N2CCC(CNCc3ccc(-c4ccccc4C(F)(F)F)o3)CC2)n1)SC(=O)NC=O. The largest absolute Gasteiger partial charge is 0.460 e. The summed E-state index contributed by atoms with van der Waals surface area (Å²) in [7, 11) is 0. The number of carbonyl (C=O) groups is 2. The second kappa shape index (κ2) is 12.9. The highest BCUT2D eigenvalue weighted by Gasteiger charge is 2.34. The predicted octanol–water partition coefficient (Wildman–Crippen LogP) is 5.72. The number of furan rings is 1. The summed E-state index contributed by atoms with van der Waals surface area (Å²) < 4.78 is 45.7. The van der Waals surface area contributed by atoms with Crippen molar-refractivity contribution in [3.05, 3.63) is 70.6 Å². The number of nitrogens with zero attached hydrogens (tertiary/aromatic N) is 3. The van der Waals surface area contributed by atoms with Gasteiger partial charge in [0, 0.05) is 24.8 Å². The highest BCUT2D eigenvalue weighted by atomic mass is 32.2. The number of anilines is 1. The second-order valence-corrected chi connectivity index (χ2v) is 10.3. The Morgan fingerprint density at radius 3 is 2.69 bits per heavy atom. The lowest BCUT2D eigenvalue weighted by Crippen LogP contribution is -2.38. The van der Waals surface area contributed by atoms with Crippen molar-refractivity contribution in [1.29, 1.82) is 0 Å². The molecular weight excluding hydrogens is 531 g/mol. The van der Waals surface area contributed by atoms with Crippen molar-refractivity contribution in [2.45, 2.75) is 32.5 Å². The predicted molar refractivity (Wildman–Crippen MR) is 144 cm³/mol. The van der Waals surface area contributed by atoms with Crippen LogP contribution in [0.5, 0.6) is 0 Å². The number of aromatic nitrogens is 2. The van der Waals surface area contributed by atoms with E-state index >= 15 is 0 Å². The number of alkyl halides is 3. The third-order valence-electron chi connectivity index (χ3n) is 6.24. The number of benzene rings is 1. The molecular formula is C27H28F3N5O3S. The van der Waals surface area contributed by atoms with Crippen molar-refractivity contribution in [2.24, 2.45) is 5.92 Å². The van der Waals surface area contributed by atoms with Crippen molar-refractivity contribution >= 4 is 35.4 Å². The van der Waals surface area contributed by atoms with Gasteiger partial charge in [-0.1, -0.05) is 18.2 Å². The number of carbonyl (C=O) groups excluding carboxylic acids is 2. The molecule has 0 atom stereocenters. The van der Waals surface area contributed by atoms with Gasteiger partial charge >= 0.3 is 6.18 Å². The maximum Gasteiger partial charge on any atom is 0.417 e. The zero-order valence-corrected chi connectivity index (χ0v) is 22.0. The van der Waals surface area contributed by atoms with Gasteiger partial charge < -0.3 is 14.6 Å². The van der Waals surface area contributed by atoms with Gasteiger partial charge in [-0.05, 0) is 79.2 Å². The summed E-state index contributed by atoms with van der Waals surface area (Å²) >= 11 is 0.915. The number of piperidine rings is 1. The van der Waals surface area contributed by atoms with Crippen LogP contribution in [0.2, 0.25) is 0 Å². The summed E-state index contributed by atoms with van der Waals surface area (Å²) in [6.45, 7) is 4.52. The first kappa shape index (κ1) is 28.4. The van der Waals surface area contributed by atoms with Gasteiger partial charge in [-0.3, -0.25) is 14.9 Å². The van der Waals surface area contributed by atoms with Gasteiger partial charge in [0.1, 0.15) is 11.5 Å². The molecule has 3 aromatic rings. The molecule has 2 N–H and O–H groups in total. The zero-order chi connectivity index (χ0) is 27.8. The molecule has 0 unspecified atom stereocenters. The summed E-state index contributed by atoms with van der Waals surface area (Å²) in [6, 6.07) is 10.4. The topological polar surface area (TPSA) is 100 Å². The average molecular weight is 560 g/mol. The molecule has 12 heteroatoms. The van der Waals surface area contributed by atoms with Gasteiger partial charge in [-0.2, -0.15) is 13.2 Å². The van der Waals surface area contributed by atoms with E-state index in [1.54, 1.807) is 43.5 Å². The minimum atomic E-state index is -4.45. The van der Waals surface area contributed by atoms with Crippen LogP contribution >= 0.6 is 11.8 Å². The fraction of sp³-hybridized carbons (Fsp3) is 0.333. The standard InChI is InChI=1S/C27H28F3N5O3S/c1-18(39-26(37)33-17-36)14-20-8-11-32-25(34-20)35-12-9-19(10-13-35)15-31-16-21-6-7-24(38-21)22-4-2-3-5-23(22)27(28,29)30/h2-8,11,14,17,19,31H,9-10,12-13,15-16H2,1H3,(H,33,36,37)/b18-14-. The van der Waals surface area contributed by atoms with Gasteiger partial charge in [0.05, 0.1) is 17.8 Å². The number of rotatable bonds is 9. The molecule has 0 aliphatic carbocycles. The Labute approximate surface area is 228 Å². The third kappa shape index (κ3) is 7.93. The lowest BCUT2D eigenvalue weighted by molar-refractivity contribution is -0.137. The zero-order valence-electron chi connectivity index (χ0n) is 21.2. The van der Waals surface area contributed by atoms with Crippen LogP contribution in [-0.2, 0) is 17.5 Å². The number of nitrogens with one attached hydrogen (secondary N) is 2. The Hall–Kier alpha value is -3.64. The van der Waals surface area contributed by atoms with Gasteiger partial charge in [-0.15, -0.1) is 0 Å². The van der Waals surface area contributed by atoms with Gasteiger partial charge in [0.15, 0.2) is 0 Å². The molecule has 1 aliphatic heterocycles. The number of imide groups is 1. The van der Waals surface area contributed by atoms with Crippen molar-refractivity contribution in [3.63, 3.8) is 0 Å². The molecule has 206 valence electrons. The quantitative estimate of drug-likeness (QED) is 0.321. The molecule has 1 aliphatic rings. The first-order valence-corrected chi connectivity index (χ1v) is 13.2. The summed E-state index contributed by atoms with van der Waals surface area (Å²) in [6.07, 6.45) is 1.20. The van der Waals surface area contributed by atoms with Gasteiger partial charge in [-0.25, -0.2) is 9.97 Å². The van der Waals surface area contributed by atoms with Crippen molar-refractivity contribution in [3.8, 4) is 11.3 Å². The van der Waals surface area contributed by atoms with E-state index in [2.05, 4.69) is 25.5 Å². The highest BCUT2D eigenvalue weighted by molar-refractivity contribution is 8.17. The molecule has 1 aromatic carbocycles. The molecule has 0 spiro atoms. The van der Waals surface area contributed by atoms with Crippen molar-refractivity contribution < 1.29 is 27.2 Å². The van der Waals surface area contributed by atoms with Crippen LogP contribution in [0.15, 0.2) is 58.0 Å². The number of allylic oxidation sites excluding steroid dienone is 1. The Bertz CT molecular complexity index is 1320. The van der Waals surface area contributed by atoms with E-state index in [-0.39, 0.29) is 11.3 Å². The second-order valence-electron chi connectivity index (χ2n) is 9.06. The number of thioether (sulfide) groups is 1. The van der Waals surface area contributed by atoms with E-state index in [0.717, 1.165) is 50.3 Å². The monoisotopic (exact) mass is 559 g/mol. The molecule has 8 nitrogen and oxygen atoms in total. The molecule has 1 saturated heterocycles. The van der Waals surface area contributed by atoms with Crippen LogP contribution in [0, 0.1) is 5.92 Å². The molecule has 0 saturated carbocycles. The molecule has 4 rings (SSSR count). The summed E-state index contributed by atoms with van der Waals surface area (Å²) in [5, 5.41) is 4.99. The van der Waals surface area contributed by atoms with Crippen LogP contribution in [0.25, 0.3) is 17.4 Å². The summed E-state index contributed by atoms with van der Waals surface area (Å²) in [5.74, 6) is 1.82. The maximum atomic E-state index is 13.3. The van der Waals surface area contributed by atoms with E-state index < -0.39 is 17.0 Å². The van der Waals surface area contributed by atoms with E-state index in [4.69, 9.17) is 4.42 Å². The van der Waals surface area contributed by atoms with Crippen LogP contribution in [0.3, 0.4) is 0 Å². The van der Waals surface area contributed by atoms with Gasteiger partial charge in [0.2, 0.25) is 12.4 Å². The molecule has 2 amide bonds. The number of amides is 2. The van der Waals surface area contributed by atoms with Crippen LogP contribution < -0.4 is 15.5 Å². The Morgan fingerprint density at radius 1 is 1.18 bits per heavy atom. The molecule has 3 heterocycles. The fourth-order valence-electron chi connectivity index (χ4n) is 4.36. The maximum absolute atomic E-state index is 13.3. The van der Waals surface area contributed by atoms with Crippen molar-refractivity contribution in [1.82, 2.24) is 20.6 Å². The Balaban J connectivity index is 1.25. The van der Waals surface area contributed by atoms with E-state index in [1.807, 2.05) is 0 Å². The third-order valence-corrected chi connectivity index (χ3v) is 6.98. The van der Waals surface area contributed by atoms with E-state index in [0.29, 0.717) is 41.2 Å². The smallest absolute Gasteiger partial charge is 0.417 e. The van der Waals surface area contributed by atoms with E-state index in [9.17, 15) is 22.8 Å². The van der Waals surface area contributed by atoms with E-state index in [1.165, 1.54) is 12.1 Å². The minimum absolute atomic E-state index is 0.0303. The normalized spacial score (nSPS) is 14.9. The van der Waals surface area contributed by atoms with Crippen molar-refractivity contribution in [2.75, 3.05) is 24.5 Å². The first-order chi connectivity index (χ1) is 18.7. The fourth-order valence-corrected chi connectivity index (χ4v) is 4.93. The lowest BCUT2D eigenvalue weighted by Gasteiger charge is -2.32. The number of hydrogen-bond acceptors (Lipinski definition) is 8. The Morgan fingerprint density at radius 2 is 1.95 bits per heavy atom. The van der Waals surface area contributed by atoms with Crippen LogP contribution in [0.1, 0.15) is 36.8 Å². The Kier molecular flexibility index (Phi) is 9.41. The highest BCUT2D eigenvalue weighted by Crippen LogP contribution is 2.37. The van der Waals surface area contributed by atoms with Crippen LogP contribution in [-0.4, -0.2) is 41.3 Å². The molecule has 2 aromatic heterocycles. The molecule has 0 radical (unpaired) electrons. The average Bonchev–Trinajstić information content (AvgIpc) is 3.38. The number of halogens is 3. The summed E-state index contributed by atoms with van der Waals surface area (Å²) in [4.78, 5) is 33.7.